The number of rotatable bonds is 5. The van der Waals surface area contributed by atoms with Crippen LogP contribution >= 0.6 is 11.6 Å². The summed E-state index contributed by atoms with van der Waals surface area (Å²) in [6, 6.07) is 11.4. The molecule has 1 fully saturated rings. The predicted octanol–water partition coefficient (Wildman–Crippen LogP) is 4.62. The molecule has 1 aromatic heterocycles. The van der Waals surface area contributed by atoms with Crippen molar-refractivity contribution in [3.8, 4) is 5.75 Å². The van der Waals surface area contributed by atoms with E-state index in [1.54, 1.807) is 13.2 Å². The number of piperidine rings is 1. The van der Waals surface area contributed by atoms with Gasteiger partial charge in [0.05, 0.1) is 19.3 Å². The van der Waals surface area contributed by atoms with E-state index in [4.69, 9.17) is 20.8 Å². The summed E-state index contributed by atoms with van der Waals surface area (Å²) in [6.07, 6.45) is 1.84. The van der Waals surface area contributed by atoms with E-state index in [0.717, 1.165) is 48.5 Å². The molecule has 1 saturated heterocycles. The molecule has 7 heteroatoms. The van der Waals surface area contributed by atoms with Crippen LogP contribution < -0.4 is 10.1 Å². The molecule has 4 rings (SSSR count). The zero-order chi connectivity index (χ0) is 20.4. The van der Waals surface area contributed by atoms with Gasteiger partial charge in [0, 0.05) is 17.0 Å². The Kier molecular flexibility index (Phi) is 5.74. The number of anilines is 1. The van der Waals surface area contributed by atoms with Gasteiger partial charge in [-0.3, -0.25) is 9.69 Å². The van der Waals surface area contributed by atoms with Crippen molar-refractivity contribution in [3.63, 3.8) is 0 Å². The van der Waals surface area contributed by atoms with Crippen LogP contribution in [-0.4, -0.2) is 42.5 Å². The molecule has 3 aromatic rings. The fourth-order valence-corrected chi connectivity index (χ4v) is 3.88. The molecule has 0 radical (unpaired) electrons. The molecule has 0 spiro atoms. The molecule has 0 aliphatic carbocycles. The van der Waals surface area contributed by atoms with E-state index >= 15 is 0 Å². The zero-order valence-electron chi connectivity index (χ0n) is 16.6. The first-order chi connectivity index (χ1) is 14.0. The molecule has 0 unspecified atom stereocenters. The molecule has 2 aromatic carbocycles. The molecule has 2 heterocycles. The van der Waals surface area contributed by atoms with Crippen molar-refractivity contribution >= 4 is 34.3 Å². The summed E-state index contributed by atoms with van der Waals surface area (Å²) >= 11 is 6.13. The number of ether oxygens (including phenoxy) is 1. The molecule has 1 aliphatic rings. The Morgan fingerprint density at radius 3 is 2.79 bits per heavy atom. The third-order valence-electron chi connectivity index (χ3n) is 5.37. The maximum absolute atomic E-state index is 12.5. The van der Waals surface area contributed by atoms with Gasteiger partial charge in [0.2, 0.25) is 5.91 Å². The Morgan fingerprint density at radius 1 is 1.31 bits per heavy atom. The van der Waals surface area contributed by atoms with Crippen molar-refractivity contribution < 1.29 is 13.9 Å². The highest BCUT2D eigenvalue weighted by Gasteiger charge is 2.26. The number of carbonyl (C=O) groups is 1. The van der Waals surface area contributed by atoms with Crippen LogP contribution in [0.5, 0.6) is 5.75 Å². The lowest BCUT2D eigenvalue weighted by Crippen LogP contribution is -2.38. The highest BCUT2D eigenvalue weighted by Crippen LogP contribution is 2.32. The number of nitrogens with zero attached hydrogens (tertiary/aromatic N) is 2. The average Bonchev–Trinajstić information content (AvgIpc) is 3.15. The van der Waals surface area contributed by atoms with Gasteiger partial charge in [-0.05, 0) is 56.6 Å². The number of hydrogen-bond acceptors (Lipinski definition) is 5. The maximum Gasteiger partial charge on any atom is 0.238 e. The second-order valence-corrected chi connectivity index (χ2v) is 7.83. The summed E-state index contributed by atoms with van der Waals surface area (Å²) in [7, 11) is 1.56. The topological polar surface area (TPSA) is 67.6 Å². The predicted molar refractivity (Wildman–Crippen MR) is 114 cm³/mol. The Morgan fingerprint density at radius 2 is 2.07 bits per heavy atom. The SMILES string of the molecule is COc1cc(Cl)c(C)cc1NC(=O)CN1CCC(c2nc3ccccc3o2)CC1. The van der Waals surface area contributed by atoms with Crippen LogP contribution in [-0.2, 0) is 4.79 Å². The molecule has 1 N–H and O–H groups in total. The second kappa shape index (κ2) is 8.43. The largest absolute Gasteiger partial charge is 0.495 e. The monoisotopic (exact) mass is 413 g/mol. The van der Waals surface area contributed by atoms with Crippen LogP contribution in [0.25, 0.3) is 11.1 Å². The van der Waals surface area contributed by atoms with Crippen molar-refractivity contribution in [2.45, 2.75) is 25.7 Å². The summed E-state index contributed by atoms with van der Waals surface area (Å²) in [5.41, 5.74) is 3.26. The summed E-state index contributed by atoms with van der Waals surface area (Å²) in [5.74, 6) is 1.59. The van der Waals surface area contributed by atoms with E-state index in [1.807, 2.05) is 37.3 Å². The lowest BCUT2D eigenvalue weighted by atomic mass is 9.97. The molecular formula is C22H24ClN3O3. The van der Waals surface area contributed by atoms with Gasteiger partial charge in [-0.25, -0.2) is 4.98 Å². The van der Waals surface area contributed by atoms with Crippen LogP contribution in [0.3, 0.4) is 0 Å². The van der Waals surface area contributed by atoms with Crippen LogP contribution in [0.1, 0.15) is 30.2 Å². The van der Waals surface area contributed by atoms with Crippen molar-refractivity contribution in [3.05, 3.63) is 52.9 Å². The number of likely N-dealkylation sites (tertiary alicyclic amines) is 1. The number of aryl methyl sites for hydroxylation is 1. The zero-order valence-corrected chi connectivity index (χ0v) is 17.3. The third-order valence-corrected chi connectivity index (χ3v) is 5.78. The van der Waals surface area contributed by atoms with Gasteiger partial charge in [-0.2, -0.15) is 0 Å². The highest BCUT2D eigenvalue weighted by molar-refractivity contribution is 6.31. The molecule has 1 amide bonds. The average molecular weight is 414 g/mol. The minimum atomic E-state index is -0.0645. The standard InChI is InChI=1S/C22H24ClN3O3/c1-14-11-18(20(28-2)12-16(14)23)24-21(27)13-26-9-7-15(8-10-26)22-25-17-5-3-4-6-19(17)29-22/h3-6,11-12,15H,7-10,13H2,1-2H3,(H,24,27). The number of halogens is 1. The minimum Gasteiger partial charge on any atom is -0.495 e. The normalized spacial score (nSPS) is 15.6. The maximum atomic E-state index is 12.5. The number of methoxy groups -OCH3 is 1. The van der Waals surface area contributed by atoms with Gasteiger partial charge in [-0.1, -0.05) is 23.7 Å². The Balaban J connectivity index is 1.33. The van der Waals surface area contributed by atoms with E-state index in [9.17, 15) is 4.79 Å². The number of oxazole rings is 1. The van der Waals surface area contributed by atoms with Crippen molar-refractivity contribution in [2.75, 3.05) is 32.1 Å². The number of aromatic nitrogens is 1. The minimum absolute atomic E-state index is 0.0645. The van der Waals surface area contributed by atoms with E-state index in [-0.39, 0.29) is 5.91 Å². The fourth-order valence-electron chi connectivity index (χ4n) is 3.73. The lowest BCUT2D eigenvalue weighted by Gasteiger charge is -2.30. The van der Waals surface area contributed by atoms with Gasteiger partial charge >= 0.3 is 0 Å². The quantitative estimate of drug-likeness (QED) is 0.661. The van der Waals surface area contributed by atoms with Gasteiger partial charge in [-0.15, -0.1) is 0 Å². The first-order valence-electron chi connectivity index (χ1n) is 9.75. The first-order valence-corrected chi connectivity index (χ1v) is 10.1. The molecule has 29 heavy (non-hydrogen) atoms. The fraction of sp³-hybridized carbons (Fsp3) is 0.364. The van der Waals surface area contributed by atoms with Crippen molar-refractivity contribution in [1.29, 1.82) is 0 Å². The van der Waals surface area contributed by atoms with Crippen LogP contribution in [0, 0.1) is 6.92 Å². The Hall–Kier alpha value is -2.57. The molecule has 6 nitrogen and oxygen atoms in total. The molecule has 1 aliphatic heterocycles. The first kappa shape index (κ1) is 19.7. The smallest absolute Gasteiger partial charge is 0.238 e. The molecule has 0 saturated carbocycles. The van der Waals surface area contributed by atoms with Crippen molar-refractivity contribution in [1.82, 2.24) is 9.88 Å². The number of para-hydroxylation sites is 2. The summed E-state index contributed by atoms with van der Waals surface area (Å²) < 4.78 is 11.2. The van der Waals surface area contributed by atoms with Crippen molar-refractivity contribution in [2.24, 2.45) is 0 Å². The molecule has 0 atom stereocenters. The number of fused-ring (bicyclic) bond motifs is 1. The lowest BCUT2D eigenvalue weighted by molar-refractivity contribution is -0.117. The second-order valence-electron chi connectivity index (χ2n) is 7.42. The molecule has 0 bridgehead atoms. The van der Waals surface area contributed by atoms with E-state index in [2.05, 4.69) is 15.2 Å². The van der Waals surface area contributed by atoms with Gasteiger partial charge in [0.1, 0.15) is 11.3 Å². The van der Waals surface area contributed by atoms with Crippen LogP contribution in [0.2, 0.25) is 5.02 Å². The number of benzene rings is 2. The molecule has 152 valence electrons. The van der Waals surface area contributed by atoms with Gasteiger partial charge in [0.25, 0.3) is 0 Å². The van der Waals surface area contributed by atoms with E-state index < -0.39 is 0 Å². The third kappa shape index (κ3) is 4.38. The summed E-state index contributed by atoms with van der Waals surface area (Å²) in [5, 5.41) is 3.55. The van der Waals surface area contributed by atoms with Gasteiger partial charge in [0.15, 0.2) is 11.5 Å². The summed E-state index contributed by atoms with van der Waals surface area (Å²) in [6.45, 7) is 3.89. The number of hydrogen-bond donors (Lipinski definition) is 1. The van der Waals surface area contributed by atoms with Crippen LogP contribution in [0.15, 0.2) is 40.8 Å². The summed E-state index contributed by atoms with van der Waals surface area (Å²) in [4.78, 5) is 19.3. The number of amides is 1. The molecular weight excluding hydrogens is 390 g/mol. The number of carbonyl (C=O) groups excluding carboxylic acids is 1. The Labute approximate surface area is 174 Å². The number of nitrogens with one attached hydrogen (secondary N) is 1. The van der Waals surface area contributed by atoms with E-state index in [0.29, 0.717) is 28.9 Å². The Bertz CT molecular complexity index is 992. The van der Waals surface area contributed by atoms with Crippen LogP contribution in [0.4, 0.5) is 5.69 Å². The van der Waals surface area contributed by atoms with E-state index in [1.165, 1.54) is 0 Å². The van der Waals surface area contributed by atoms with Gasteiger partial charge < -0.3 is 14.5 Å². The highest BCUT2D eigenvalue weighted by atomic mass is 35.5.